The molecule has 3 fully saturated rings. The first kappa shape index (κ1) is 55.9. The summed E-state index contributed by atoms with van der Waals surface area (Å²) in [5, 5.41) is 23.0. The van der Waals surface area contributed by atoms with Gasteiger partial charge < -0.3 is 24.9 Å². The molecule has 0 bridgehead atoms. The molecule has 21 heteroatoms. The maximum atomic E-state index is 17.4. The Morgan fingerprint density at radius 2 is 1.70 bits per heavy atom. The molecule has 1 aromatic carbocycles. The molecule has 0 spiro atoms. The minimum atomic E-state index is -4.90. The Kier molecular flexibility index (Phi) is 18.7. The van der Waals surface area contributed by atoms with E-state index in [2.05, 4.69) is 19.9 Å². The molecule has 2 aromatic rings. The van der Waals surface area contributed by atoms with Crippen molar-refractivity contribution in [3.8, 4) is 5.69 Å². The highest BCUT2D eigenvalue weighted by Gasteiger charge is 2.73. The molecule has 1 heterocycles. The number of rotatable bonds is 23. The summed E-state index contributed by atoms with van der Waals surface area (Å²) in [5.74, 6) is -1.75. The summed E-state index contributed by atoms with van der Waals surface area (Å²) in [4.78, 5) is 59.0. The maximum absolute atomic E-state index is 17.4. The first-order valence-electron chi connectivity index (χ1n) is 25.5. The van der Waals surface area contributed by atoms with Gasteiger partial charge in [0.25, 0.3) is 0 Å². The Morgan fingerprint density at radius 1 is 1.00 bits per heavy atom. The second-order valence-corrected chi connectivity index (χ2v) is 25.5. The summed E-state index contributed by atoms with van der Waals surface area (Å²) in [6, 6.07) is 7.76. The van der Waals surface area contributed by atoms with Crippen molar-refractivity contribution in [3.63, 3.8) is 0 Å². The third-order valence-electron chi connectivity index (χ3n) is 16.0. The van der Waals surface area contributed by atoms with Crippen molar-refractivity contribution in [3.05, 3.63) is 65.0 Å². The van der Waals surface area contributed by atoms with Gasteiger partial charge >= 0.3 is 15.4 Å². The van der Waals surface area contributed by atoms with Gasteiger partial charge in [0.1, 0.15) is 24.6 Å². The van der Waals surface area contributed by atoms with E-state index < -0.39 is 68.7 Å². The minimum absolute atomic E-state index is 0.0399. The Balaban J connectivity index is 0.734. The van der Waals surface area contributed by atoms with Crippen LogP contribution in [0.5, 0.6) is 0 Å². The standard InChI is InChI=1S/C50H71BF2N4O11P2S/c1-33-27-37-38-29-40(52)39-28-36(58)21-22-49(39,3)50(38,53)43(59)30-48(37,2)45(33)47(61)71-26-14-9-7-5-4-6-8-13-25-69(62,63)68-70(64,65)67-24-23-54-44(60)32-66-42-16-12-10-11-15-41-46(42)55-56-57(41)35-19-17-34(31-51)18-20-35/h17-22,28,33,37-38,40,42-43,45,59H,4-16,23-27,29-32H2,1-3H3,(H,54,60)(H,62,63)(H,64,65)/t33-,37?,38+,40+,42?,43+,45-,48+,49+,50+/m1/s1. The lowest BCUT2D eigenvalue weighted by Crippen LogP contribution is -2.68. The van der Waals surface area contributed by atoms with Crippen LogP contribution in [-0.4, -0.2) is 104 Å². The van der Waals surface area contributed by atoms with Crippen LogP contribution in [0.2, 0.25) is 0 Å². The van der Waals surface area contributed by atoms with E-state index in [1.165, 1.54) is 30.0 Å². The third-order valence-corrected chi connectivity index (χ3v) is 20.3. The maximum Gasteiger partial charge on any atom is 0.479 e. The minimum Gasteiger partial charge on any atom is -0.390 e. The van der Waals surface area contributed by atoms with Crippen LogP contribution in [0, 0.1) is 34.5 Å². The van der Waals surface area contributed by atoms with Gasteiger partial charge in [0.2, 0.25) is 5.91 Å². The molecule has 4 unspecified atom stereocenters. The Hall–Kier alpha value is -2.86. The smallest absolute Gasteiger partial charge is 0.390 e. The normalized spacial score (nSPS) is 32.0. The molecular formula is C50H71BF2N4O11P2S. The number of hydrogen-bond donors (Lipinski definition) is 4. The number of nitrogens with one attached hydrogen (secondary N) is 1. The average Bonchev–Trinajstić information content (AvgIpc) is 3.84. The number of thioether (sulfide) groups is 1. The Morgan fingerprint density at radius 3 is 2.42 bits per heavy atom. The zero-order chi connectivity index (χ0) is 51.2. The van der Waals surface area contributed by atoms with Crippen molar-refractivity contribution in [1.82, 2.24) is 20.3 Å². The molecule has 12 atom stereocenters. The van der Waals surface area contributed by atoms with Crippen LogP contribution in [0.4, 0.5) is 8.78 Å². The lowest BCUT2D eigenvalue weighted by Gasteiger charge is -2.62. The summed E-state index contributed by atoms with van der Waals surface area (Å²) >= 11 is 1.29. The summed E-state index contributed by atoms with van der Waals surface area (Å²) in [6.45, 7) is 4.66. The molecule has 71 heavy (non-hydrogen) atoms. The van der Waals surface area contributed by atoms with E-state index in [0.29, 0.717) is 43.5 Å². The molecule has 5 aliphatic carbocycles. The Labute approximate surface area is 422 Å². The molecule has 1 amide bonds. The van der Waals surface area contributed by atoms with E-state index >= 15 is 8.78 Å². The van der Waals surface area contributed by atoms with Crippen molar-refractivity contribution < 1.29 is 60.8 Å². The summed E-state index contributed by atoms with van der Waals surface area (Å²) in [6.07, 6.45) is 11.7. The van der Waals surface area contributed by atoms with E-state index in [1.807, 2.05) is 38.1 Å². The van der Waals surface area contributed by atoms with Crippen molar-refractivity contribution >= 4 is 51.8 Å². The van der Waals surface area contributed by atoms with Crippen LogP contribution >= 0.6 is 27.2 Å². The van der Waals surface area contributed by atoms with E-state index in [-0.39, 0.29) is 66.4 Å². The first-order chi connectivity index (χ1) is 33.7. The fourth-order valence-electron chi connectivity index (χ4n) is 12.5. The number of alkyl halides is 2. The van der Waals surface area contributed by atoms with Gasteiger partial charge in [-0.15, -0.1) is 5.10 Å². The molecule has 5 aliphatic rings. The van der Waals surface area contributed by atoms with Gasteiger partial charge in [-0.2, -0.15) is 0 Å². The summed E-state index contributed by atoms with van der Waals surface area (Å²) in [5.41, 5.74) is -0.716. The van der Waals surface area contributed by atoms with Crippen molar-refractivity contribution in [2.45, 2.75) is 154 Å². The van der Waals surface area contributed by atoms with E-state index in [1.54, 1.807) is 11.6 Å². The molecular weight excluding hydrogens is 975 g/mol. The fourth-order valence-corrected chi connectivity index (χ4v) is 16.5. The SMILES string of the molecule is [B]Cc1ccc(-n2nnc3c2CCCCCC3OCC(=O)NCCOP(=O)(O)OP(=O)(O)CCCCCCCCCCSC(=O)[C@H]2[C@H](C)CC3[C@@H]4C[C@H](F)C5=CC(=O)C=C[C@]5(C)[C@@]4(F)[C@@H](O)C[C@@]32C)cc1. The number of ketones is 1. The van der Waals surface area contributed by atoms with Crippen LogP contribution in [0.3, 0.4) is 0 Å². The molecule has 0 aliphatic heterocycles. The number of allylic oxidation sites excluding steroid dienone is 4. The number of carbonyl (C=O) groups is 3. The fraction of sp³-hybridized carbons (Fsp3) is 0.700. The number of aromatic nitrogens is 3. The molecule has 3 saturated carbocycles. The van der Waals surface area contributed by atoms with Gasteiger partial charge in [0.15, 0.2) is 16.6 Å². The molecule has 0 saturated heterocycles. The van der Waals surface area contributed by atoms with Crippen LogP contribution in [0.1, 0.15) is 140 Å². The largest absolute Gasteiger partial charge is 0.479 e. The zero-order valence-electron chi connectivity index (χ0n) is 41.2. The molecule has 1 aromatic heterocycles. The lowest BCUT2D eigenvalue weighted by molar-refractivity contribution is -0.201. The predicted molar refractivity (Wildman–Crippen MR) is 267 cm³/mol. The number of fused-ring (bicyclic) bond motifs is 6. The molecule has 2 radical (unpaired) electrons. The van der Waals surface area contributed by atoms with Gasteiger partial charge in [0, 0.05) is 29.5 Å². The highest BCUT2D eigenvalue weighted by Crippen LogP contribution is 2.70. The molecule has 4 N–H and O–H groups in total. The number of phosphoric acid groups is 1. The number of ether oxygens (including phenoxy) is 1. The number of unbranched alkanes of at least 4 members (excludes halogenated alkanes) is 7. The monoisotopic (exact) mass is 1050 g/mol. The van der Waals surface area contributed by atoms with Gasteiger partial charge in [-0.3, -0.25) is 23.5 Å². The number of aliphatic hydroxyl groups is 1. The van der Waals surface area contributed by atoms with Crippen LogP contribution in [0.15, 0.2) is 48.1 Å². The van der Waals surface area contributed by atoms with Gasteiger partial charge in [-0.1, -0.05) is 112 Å². The number of carbonyl (C=O) groups excluding carboxylic acids is 3. The molecule has 7 rings (SSSR count). The van der Waals surface area contributed by atoms with Crippen LogP contribution < -0.4 is 5.32 Å². The van der Waals surface area contributed by atoms with E-state index in [4.69, 9.17) is 17.1 Å². The van der Waals surface area contributed by atoms with Gasteiger partial charge in [-0.05, 0) is 105 Å². The summed E-state index contributed by atoms with van der Waals surface area (Å²) in [7, 11) is -3.60. The average molecular weight is 1050 g/mol. The second-order valence-electron chi connectivity index (χ2n) is 20.8. The van der Waals surface area contributed by atoms with Crippen LogP contribution in [0.25, 0.3) is 5.69 Å². The highest BCUT2D eigenvalue weighted by molar-refractivity contribution is 8.13. The predicted octanol–water partition coefficient (Wildman–Crippen LogP) is 9.11. The quantitative estimate of drug-likeness (QED) is 0.0464. The number of nitrogens with zero attached hydrogens (tertiary/aromatic N) is 3. The molecule has 15 nitrogen and oxygen atoms in total. The first-order valence-corrected chi connectivity index (χ1v) is 29.7. The lowest BCUT2D eigenvalue weighted by atomic mass is 9.45. The summed E-state index contributed by atoms with van der Waals surface area (Å²) < 4.78 is 75.6. The van der Waals surface area contributed by atoms with E-state index in [0.717, 1.165) is 81.2 Å². The topological polar surface area (TPSA) is 216 Å². The number of hydrogen-bond acceptors (Lipinski definition) is 12. The number of benzene rings is 1. The zero-order valence-corrected chi connectivity index (χ0v) is 43.8. The second kappa shape index (κ2) is 23.8. The highest BCUT2D eigenvalue weighted by atomic mass is 32.2. The number of amides is 1. The van der Waals surface area contributed by atoms with Crippen molar-refractivity contribution in [1.29, 1.82) is 0 Å². The Bertz CT molecular complexity index is 2380. The van der Waals surface area contributed by atoms with Crippen molar-refractivity contribution in [2.75, 3.05) is 31.7 Å². The van der Waals surface area contributed by atoms with Gasteiger partial charge in [-0.25, -0.2) is 22.3 Å². The number of aliphatic hydroxyl groups excluding tert-OH is 1. The van der Waals surface area contributed by atoms with Crippen molar-refractivity contribution in [2.24, 2.45) is 34.5 Å². The number of phosphoric ester groups is 1. The van der Waals surface area contributed by atoms with Gasteiger partial charge in [0.05, 0.1) is 38.1 Å². The number of halogens is 2. The molecule has 390 valence electrons. The van der Waals surface area contributed by atoms with Crippen LogP contribution in [-0.2, 0) is 49.8 Å². The third kappa shape index (κ3) is 12.6. The van der Waals surface area contributed by atoms with E-state index in [9.17, 15) is 38.4 Å².